The fraction of sp³-hybridized carbons (Fsp3) is 0.923. The molecule has 0 radical (unpaired) electrons. The van der Waals surface area contributed by atoms with E-state index in [1.807, 2.05) is 18.7 Å². The van der Waals surface area contributed by atoms with E-state index in [9.17, 15) is 0 Å². The van der Waals surface area contributed by atoms with Crippen LogP contribution in [0.1, 0.15) is 39.5 Å². The molecule has 0 rings (SSSR count). The first-order valence-corrected chi connectivity index (χ1v) is 7.57. The number of hydrogen-bond donors (Lipinski definition) is 1. The number of ether oxygens (including phenoxy) is 1. The summed E-state index contributed by atoms with van der Waals surface area (Å²) in [7, 11) is 1.73. The Morgan fingerprint density at radius 3 is 2.71 bits per heavy atom. The van der Waals surface area contributed by atoms with Crippen molar-refractivity contribution in [1.82, 2.24) is 5.32 Å². The highest BCUT2D eigenvalue weighted by Crippen LogP contribution is 2.14. The number of nitrogens with zero attached hydrogens (tertiary/aromatic N) is 1. The molecule has 0 aliphatic rings. The van der Waals surface area contributed by atoms with E-state index in [-0.39, 0.29) is 5.54 Å². The minimum atomic E-state index is -0.340. The fourth-order valence-corrected chi connectivity index (χ4v) is 2.41. The quantitative estimate of drug-likeness (QED) is 0.579. The molecule has 0 aliphatic heterocycles. The van der Waals surface area contributed by atoms with Gasteiger partial charge >= 0.3 is 0 Å². The lowest BCUT2D eigenvalue weighted by Gasteiger charge is -2.22. The molecule has 17 heavy (non-hydrogen) atoms. The maximum Gasteiger partial charge on any atom is 0.103 e. The van der Waals surface area contributed by atoms with Crippen molar-refractivity contribution in [3.63, 3.8) is 0 Å². The molecule has 0 fully saturated rings. The van der Waals surface area contributed by atoms with E-state index in [4.69, 9.17) is 10.00 Å². The second-order valence-corrected chi connectivity index (χ2v) is 5.66. The van der Waals surface area contributed by atoms with Crippen LogP contribution in [0.25, 0.3) is 0 Å². The van der Waals surface area contributed by atoms with E-state index >= 15 is 0 Å². The van der Waals surface area contributed by atoms with Crippen molar-refractivity contribution in [3.8, 4) is 6.07 Å². The van der Waals surface area contributed by atoms with E-state index in [1.54, 1.807) is 7.11 Å². The van der Waals surface area contributed by atoms with E-state index in [2.05, 4.69) is 18.3 Å². The van der Waals surface area contributed by atoms with Gasteiger partial charge in [0.05, 0.1) is 12.7 Å². The van der Waals surface area contributed by atoms with Crippen molar-refractivity contribution in [3.05, 3.63) is 0 Å². The van der Waals surface area contributed by atoms with Crippen LogP contribution >= 0.6 is 11.8 Å². The fourth-order valence-electron chi connectivity index (χ4n) is 1.51. The van der Waals surface area contributed by atoms with Crippen LogP contribution in [-0.2, 0) is 4.74 Å². The van der Waals surface area contributed by atoms with Gasteiger partial charge in [-0.25, -0.2) is 0 Å². The molecule has 0 spiro atoms. The van der Waals surface area contributed by atoms with Crippen molar-refractivity contribution in [2.75, 3.05) is 31.8 Å². The summed E-state index contributed by atoms with van der Waals surface area (Å²) >= 11 is 1.93. The lowest BCUT2D eigenvalue weighted by molar-refractivity contribution is 0.218. The minimum Gasteiger partial charge on any atom is -0.384 e. The van der Waals surface area contributed by atoms with Gasteiger partial charge < -0.3 is 4.74 Å². The summed E-state index contributed by atoms with van der Waals surface area (Å²) < 4.78 is 4.99. The number of nitrogens with one attached hydrogen (secondary N) is 1. The Morgan fingerprint density at radius 1 is 1.35 bits per heavy atom. The molecule has 0 aromatic heterocycles. The molecule has 4 heteroatoms. The smallest absolute Gasteiger partial charge is 0.103 e. The maximum atomic E-state index is 9.15. The van der Waals surface area contributed by atoms with Crippen LogP contribution < -0.4 is 5.32 Å². The Balaban J connectivity index is 3.53. The van der Waals surface area contributed by atoms with Crippen molar-refractivity contribution < 1.29 is 4.74 Å². The number of unbranched alkanes of at least 4 members (excludes halogenated alkanes) is 1. The van der Waals surface area contributed by atoms with Crippen LogP contribution in [0.5, 0.6) is 0 Å². The molecule has 100 valence electrons. The van der Waals surface area contributed by atoms with Crippen molar-refractivity contribution in [1.29, 1.82) is 5.26 Å². The largest absolute Gasteiger partial charge is 0.384 e. The van der Waals surface area contributed by atoms with E-state index in [0.717, 1.165) is 38.2 Å². The zero-order chi connectivity index (χ0) is 13.0. The van der Waals surface area contributed by atoms with Crippen LogP contribution in [-0.4, -0.2) is 37.3 Å². The van der Waals surface area contributed by atoms with Gasteiger partial charge in [-0.15, -0.1) is 0 Å². The average molecular weight is 258 g/mol. The molecule has 1 N–H and O–H groups in total. The third kappa shape index (κ3) is 9.46. The first kappa shape index (κ1) is 16.8. The van der Waals surface area contributed by atoms with Crippen LogP contribution in [0, 0.1) is 11.3 Å². The van der Waals surface area contributed by atoms with Crippen LogP contribution in [0.2, 0.25) is 0 Å². The second kappa shape index (κ2) is 10.9. The molecule has 0 aliphatic carbocycles. The molecular formula is C13H26N2OS. The van der Waals surface area contributed by atoms with Gasteiger partial charge in [-0.1, -0.05) is 6.92 Å². The number of nitriles is 1. The molecule has 1 atom stereocenters. The van der Waals surface area contributed by atoms with Crippen molar-refractivity contribution in [2.24, 2.45) is 0 Å². The summed E-state index contributed by atoms with van der Waals surface area (Å²) in [6.45, 7) is 5.88. The highest BCUT2D eigenvalue weighted by molar-refractivity contribution is 7.99. The third-order valence-corrected chi connectivity index (χ3v) is 3.69. The summed E-state index contributed by atoms with van der Waals surface area (Å²) in [4.78, 5) is 0. The summed E-state index contributed by atoms with van der Waals surface area (Å²) in [6, 6.07) is 2.39. The Kier molecular flexibility index (Phi) is 10.7. The second-order valence-electron chi connectivity index (χ2n) is 4.43. The molecule has 3 nitrogen and oxygen atoms in total. The van der Waals surface area contributed by atoms with E-state index < -0.39 is 0 Å². The van der Waals surface area contributed by atoms with E-state index in [1.165, 1.54) is 12.2 Å². The number of thioether (sulfide) groups is 1. The zero-order valence-corrected chi connectivity index (χ0v) is 12.2. The van der Waals surface area contributed by atoms with Gasteiger partial charge in [-0.2, -0.15) is 17.0 Å². The molecule has 0 aromatic rings. The Bertz CT molecular complexity index is 218. The van der Waals surface area contributed by atoms with Gasteiger partial charge in [-0.3, -0.25) is 5.32 Å². The van der Waals surface area contributed by atoms with Crippen LogP contribution in [0.3, 0.4) is 0 Å². The van der Waals surface area contributed by atoms with Crippen LogP contribution in [0.15, 0.2) is 0 Å². The topological polar surface area (TPSA) is 45.0 Å². The normalized spacial score (nSPS) is 14.2. The molecular weight excluding hydrogens is 232 g/mol. The molecule has 0 bridgehead atoms. The first-order chi connectivity index (χ1) is 8.18. The standard InChI is InChI=1S/C13H26N2OS/c1-4-8-15-13(2,12-14)7-5-6-10-17-11-9-16-3/h15H,4-11H2,1-3H3. The SMILES string of the molecule is CCCNC(C)(C#N)CCCCSCCOC. The molecule has 0 saturated heterocycles. The summed E-state index contributed by atoms with van der Waals surface area (Å²) in [5.41, 5.74) is -0.340. The van der Waals surface area contributed by atoms with Gasteiger partial charge in [0.1, 0.15) is 5.54 Å². The van der Waals surface area contributed by atoms with Gasteiger partial charge in [0.25, 0.3) is 0 Å². The predicted molar refractivity (Wildman–Crippen MR) is 75.4 cm³/mol. The maximum absolute atomic E-state index is 9.15. The highest BCUT2D eigenvalue weighted by Gasteiger charge is 2.21. The summed E-state index contributed by atoms with van der Waals surface area (Å²) in [6.07, 6.45) is 4.30. The van der Waals surface area contributed by atoms with Crippen LogP contribution in [0.4, 0.5) is 0 Å². The lowest BCUT2D eigenvalue weighted by Crippen LogP contribution is -2.41. The first-order valence-electron chi connectivity index (χ1n) is 6.41. The Labute approximate surface area is 110 Å². The van der Waals surface area contributed by atoms with Gasteiger partial charge in [-0.05, 0) is 44.9 Å². The van der Waals surface area contributed by atoms with Gasteiger partial charge in [0, 0.05) is 12.9 Å². The van der Waals surface area contributed by atoms with Gasteiger partial charge in [0.15, 0.2) is 0 Å². The lowest BCUT2D eigenvalue weighted by atomic mass is 9.96. The number of rotatable bonds is 11. The Morgan fingerprint density at radius 2 is 2.12 bits per heavy atom. The molecule has 0 heterocycles. The third-order valence-electron chi connectivity index (χ3n) is 2.66. The number of methoxy groups -OCH3 is 1. The Hall–Kier alpha value is -0.240. The van der Waals surface area contributed by atoms with Crippen molar-refractivity contribution >= 4 is 11.8 Å². The summed E-state index contributed by atoms with van der Waals surface area (Å²) in [5.74, 6) is 2.23. The summed E-state index contributed by atoms with van der Waals surface area (Å²) in [5, 5.41) is 12.5. The van der Waals surface area contributed by atoms with Gasteiger partial charge in [0.2, 0.25) is 0 Å². The average Bonchev–Trinajstić information content (AvgIpc) is 2.35. The monoisotopic (exact) mass is 258 g/mol. The highest BCUT2D eigenvalue weighted by atomic mass is 32.2. The molecule has 0 amide bonds. The number of hydrogen-bond acceptors (Lipinski definition) is 4. The van der Waals surface area contributed by atoms with Crippen molar-refractivity contribution in [2.45, 2.75) is 45.1 Å². The zero-order valence-electron chi connectivity index (χ0n) is 11.4. The minimum absolute atomic E-state index is 0.340. The molecule has 1 unspecified atom stereocenters. The predicted octanol–water partition coefficient (Wildman–Crippen LogP) is 2.82. The molecule has 0 aromatic carbocycles. The molecule has 0 saturated carbocycles. The van der Waals surface area contributed by atoms with E-state index in [0.29, 0.717) is 0 Å².